The summed E-state index contributed by atoms with van der Waals surface area (Å²) in [5.41, 5.74) is 1.57. The molecule has 1 N–H and O–H groups in total. The zero-order valence-corrected chi connectivity index (χ0v) is 15.0. The normalized spacial score (nSPS) is 10.9. The summed E-state index contributed by atoms with van der Waals surface area (Å²) in [5, 5.41) is 6.69. The number of methoxy groups -OCH3 is 2. The summed E-state index contributed by atoms with van der Waals surface area (Å²) < 4.78 is 9.65. The molecule has 1 amide bonds. The van der Waals surface area contributed by atoms with Crippen LogP contribution in [-0.4, -0.2) is 45.0 Å². The smallest absolute Gasteiger partial charge is 0.305 e. The lowest BCUT2D eigenvalue weighted by atomic mass is 10.1. The Morgan fingerprint density at radius 2 is 1.80 bits per heavy atom. The second-order valence-electron chi connectivity index (χ2n) is 5.42. The number of carbonyl (C=O) groups is 2. The van der Waals surface area contributed by atoms with Crippen LogP contribution in [0.3, 0.4) is 0 Å². The lowest BCUT2D eigenvalue weighted by Gasteiger charge is -2.06. The molecule has 0 aliphatic carbocycles. The molecular formula is C18H26N2O5. The van der Waals surface area contributed by atoms with Crippen LogP contribution in [0, 0.1) is 0 Å². The monoisotopic (exact) mass is 350 g/mol. The minimum absolute atomic E-state index is 0.129. The second-order valence-corrected chi connectivity index (χ2v) is 5.42. The fraction of sp³-hybridized carbons (Fsp3) is 0.500. The van der Waals surface area contributed by atoms with Crippen LogP contribution in [0.4, 0.5) is 0 Å². The summed E-state index contributed by atoms with van der Waals surface area (Å²) >= 11 is 0. The lowest BCUT2D eigenvalue weighted by Crippen LogP contribution is -2.28. The molecule has 25 heavy (non-hydrogen) atoms. The van der Waals surface area contributed by atoms with Crippen LogP contribution in [0.15, 0.2) is 29.4 Å². The first-order valence-corrected chi connectivity index (χ1v) is 8.21. The van der Waals surface area contributed by atoms with E-state index in [1.54, 1.807) is 14.0 Å². The van der Waals surface area contributed by atoms with Gasteiger partial charge in [-0.05, 0) is 49.6 Å². The van der Waals surface area contributed by atoms with E-state index in [4.69, 9.17) is 9.57 Å². The minimum Gasteiger partial charge on any atom is -0.497 e. The average Bonchev–Trinajstić information content (AvgIpc) is 2.64. The van der Waals surface area contributed by atoms with E-state index in [-0.39, 0.29) is 18.5 Å². The molecule has 0 saturated carbocycles. The Labute approximate surface area is 148 Å². The van der Waals surface area contributed by atoms with Gasteiger partial charge in [0.1, 0.15) is 5.75 Å². The largest absolute Gasteiger partial charge is 0.497 e. The Balaban J connectivity index is 2.17. The van der Waals surface area contributed by atoms with Crippen molar-refractivity contribution in [2.75, 3.05) is 27.4 Å². The molecule has 0 aromatic heterocycles. The molecule has 138 valence electrons. The van der Waals surface area contributed by atoms with E-state index >= 15 is 0 Å². The Morgan fingerprint density at radius 1 is 1.08 bits per heavy atom. The van der Waals surface area contributed by atoms with Crippen molar-refractivity contribution < 1.29 is 23.9 Å². The molecule has 1 aromatic rings. The SMILES string of the molecule is COC(=O)CCCCCNC(=O)CON=C(C)c1ccc(OC)cc1. The van der Waals surface area contributed by atoms with Crippen molar-refractivity contribution in [2.24, 2.45) is 5.16 Å². The van der Waals surface area contributed by atoms with E-state index in [0.717, 1.165) is 30.6 Å². The zero-order valence-electron chi connectivity index (χ0n) is 15.0. The maximum Gasteiger partial charge on any atom is 0.305 e. The predicted octanol–water partition coefficient (Wildman–Crippen LogP) is 2.29. The first kappa shape index (κ1) is 20.5. The van der Waals surface area contributed by atoms with Gasteiger partial charge < -0.3 is 19.6 Å². The number of unbranched alkanes of at least 4 members (excludes halogenated alkanes) is 2. The van der Waals surface area contributed by atoms with Gasteiger partial charge in [0, 0.05) is 13.0 Å². The highest BCUT2D eigenvalue weighted by Gasteiger charge is 2.03. The fourth-order valence-corrected chi connectivity index (χ4v) is 2.02. The third-order valence-electron chi connectivity index (χ3n) is 3.51. The Hall–Kier alpha value is -2.57. The van der Waals surface area contributed by atoms with Crippen molar-refractivity contribution in [3.8, 4) is 5.75 Å². The summed E-state index contributed by atoms with van der Waals surface area (Å²) in [4.78, 5) is 27.6. The molecule has 0 heterocycles. The molecule has 0 spiro atoms. The number of ether oxygens (including phenoxy) is 2. The van der Waals surface area contributed by atoms with E-state index in [2.05, 4.69) is 15.2 Å². The molecule has 7 heteroatoms. The van der Waals surface area contributed by atoms with Crippen molar-refractivity contribution in [3.63, 3.8) is 0 Å². The number of oxime groups is 1. The molecule has 0 bridgehead atoms. The highest BCUT2D eigenvalue weighted by Crippen LogP contribution is 2.12. The van der Waals surface area contributed by atoms with Crippen LogP contribution < -0.4 is 10.1 Å². The lowest BCUT2D eigenvalue weighted by molar-refractivity contribution is -0.140. The molecule has 0 saturated heterocycles. The quantitative estimate of drug-likeness (QED) is 0.286. The average molecular weight is 350 g/mol. The number of benzene rings is 1. The Kier molecular flexibility index (Phi) is 9.74. The summed E-state index contributed by atoms with van der Waals surface area (Å²) in [6, 6.07) is 7.41. The van der Waals surface area contributed by atoms with Crippen molar-refractivity contribution in [3.05, 3.63) is 29.8 Å². The molecule has 0 fully saturated rings. The highest BCUT2D eigenvalue weighted by atomic mass is 16.6. The first-order valence-electron chi connectivity index (χ1n) is 8.21. The number of rotatable bonds is 11. The molecular weight excluding hydrogens is 324 g/mol. The van der Waals surface area contributed by atoms with Crippen LogP contribution >= 0.6 is 0 Å². The summed E-state index contributed by atoms with van der Waals surface area (Å²) in [6.45, 7) is 2.22. The topological polar surface area (TPSA) is 86.2 Å². The molecule has 7 nitrogen and oxygen atoms in total. The molecule has 1 rings (SSSR count). The molecule has 0 aliphatic rings. The molecule has 0 radical (unpaired) electrons. The highest BCUT2D eigenvalue weighted by molar-refractivity contribution is 5.98. The van der Waals surface area contributed by atoms with Crippen molar-refractivity contribution in [1.29, 1.82) is 0 Å². The fourth-order valence-electron chi connectivity index (χ4n) is 2.02. The van der Waals surface area contributed by atoms with Gasteiger partial charge in [0.25, 0.3) is 5.91 Å². The van der Waals surface area contributed by atoms with Gasteiger partial charge in [0.05, 0.1) is 19.9 Å². The van der Waals surface area contributed by atoms with Crippen molar-refractivity contribution >= 4 is 17.6 Å². The maximum atomic E-state index is 11.6. The summed E-state index contributed by atoms with van der Waals surface area (Å²) in [5.74, 6) is 0.338. The summed E-state index contributed by atoms with van der Waals surface area (Å²) in [6.07, 6.45) is 2.82. The van der Waals surface area contributed by atoms with E-state index in [9.17, 15) is 9.59 Å². The molecule has 0 atom stereocenters. The van der Waals surface area contributed by atoms with Gasteiger partial charge in [-0.3, -0.25) is 9.59 Å². The van der Waals surface area contributed by atoms with Crippen LogP contribution in [-0.2, 0) is 19.2 Å². The van der Waals surface area contributed by atoms with Crippen molar-refractivity contribution in [1.82, 2.24) is 5.32 Å². The number of carbonyl (C=O) groups excluding carboxylic acids is 2. The maximum absolute atomic E-state index is 11.6. The van der Waals surface area contributed by atoms with Gasteiger partial charge in [-0.25, -0.2) is 0 Å². The second kappa shape index (κ2) is 11.9. The third kappa shape index (κ3) is 8.74. The van der Waals surface area contributed by atoms with Gasteiger partial charge >= 0.3 is 5.97 Å². The third-order valence-corrected chi connectivity index (χ3v) is 3.51. The van der Waals surface area contributed by atoms with Gasteiger partial charge in [-0.2, -0.15) is 0 Å². The first-order chi connectivity index (χ1) is 12.1. The van der Waals surface area contributed by atoms with Crippen molar-refractivity contribution in [2.45, 2.75) is 32.6 Å². The standard InChI is InChI=1S/C18H26N2O5/c1-14(15-8-10-16(23-2)11-9-15)20-25-13-17(21)19-12-6-4-5-7-18(22)24-3/h8-11H,4-7,12-13H2,1-3H3,(H,19,21). The Bertz CT molecular complexity index is 569. The number of hydrogen-bond acceptors (Lipinski definition) is 6. The van der Waals surface area contributed by atoms with E-state index in [0.29, 0.717) is 18.7 Å². The molecule has 0 unspecified atom stereocenters. The zero-order chi connectivity index (χ0) is 18.5. The van der Waals surface area contributed by atoms with Gasteiger partial charge in [0.2, 0.25) is 0 Å². The van der Waals surface area contributed by atoms with Crippen LogP contribution in [0.2, 0.25) is 0 Å². The van der Waals surface area contributed by atoms with Gasteiger partial charge in [-0.15, -0.1) is 0 Å². The van der Waals surface area contributed by atoms with E-state index in [1.807, 2.05) is 24.3 Å². The predicted molar refractivity (Wildman–Crippen MR) is 94.7 cm³/mol. The van der Waals surface area contributed by atoms with Gasteiger partial charge in [0.15, 0.2) is 6.61 Å². The van der Waals surface area contributed by atoms with E-state index < -0.39 is 0 Å². The number of nitrogens with one attached hydrogen (secondary N) is 1. The number of nitrogens with zero attached hydrogens (tertiary/aromatic N) is 1. The Morgan fingerprint density at radius 3 is 2.44 bits per heavy atom. The molecule has 0 aliphatic heterocycles. The summed E-state index contributed by atoms with van der Waals surface area (Å²) in [7, 11) is 2.98. The van der Waals surface area contributed by atoms with Crippen LogP contribution in [0.25, 0.3) is 0 Å². The molecule has 1 aromatic carbocycles. The van der Waals surface area contributed by atoms with Gasteiger partial charge in [-0.1, -0.05) is 11.6 Å². The van der Waals surface area contributed by atoms with Crippen LogP contribution in [0.5, 0.6) is 5.75 Å². The minimum atomic E-state index is -0.223. The number of esters is 1. The van der Waals surface area contributed by atoms with Crippen LogP contribution in [0.1, 0.15) is 38.2 Å². The van der Waals surface area contributed by atoms with E-state index in [1.165, 1.54) is 7.11 Å². The number of amides is 1. The number of hydrogen-bond donors (Lipinski definition) is 1.